The third-order valence-corrected chi connectivity index (χ3v) is 6.30. The summed E-state index contributed by atoms with van der Waals surface area (Å²) in [5.41, 5.74) is 3.03. The molecule has 0 radical (unpaired) electrons. The number of H-pyrrole nitrogens is 1. The van der Waals surface area contributed by atoms with E-state index in [4.69, 9.17) is 0 Å². The lowest BCUT2D eigenvalue weighted by Crippen LogP contribution is -2.39. The number of aryl methyl sites for hydroxylation is 2. The molecule has 1 N–H and O–H groups in total. The molecule has 3 aromatic heterocycles. The van der Waals surface area contributed by atoms with Gasteiger partial charge in [0.1, 0.15) is 22.2 Å². The molecule has 3 aromatic rings. The molecule has 1 aliphatic heterocycles. The molecule has 0 spiro atoms. The smallest absolute Gasteiger partial charge is 0.272 e. The Morgan fingerprint density at radius 3 is 2.72 bits per heavy atom. The zero-order chi connectivity index (χ0) is 20.5. The van der Waals surface area contributed by atoms with Crippen molar-refractivity contribution in [3.8, 4) is 10.7 Å². The van der Waals surface area contributed by atoms with Gasteiger partial charge in [-0.3, -0.25) is 14.3 Å². The number of carbonyl (C=O) groups is 1. The van der Waals surface area contributed by atoms with Crippen molar-refractivity contribution < 1.29 is 4.79 Å². The quantitative estimate of drug-likeness (QED) is 0.710. The summed E-state index contributed by atoms with van der Waals surface area (Å²) in [4.78, 5) is 38.8. The number of carbonyl (C=O) groups excluding carboxylic acids is 1. The molecule has 0 atom stereocenters. The van der Waals surface area contributed by atoms with E-state index < -0.39 is 0 Å². The second-order valence-electron chi connectivity index (χ2n) is 7.32. The zero-order valence-electron chi connectivity index (χ0n) is 16.8. The van der Waals surface area contributed by atoms with Crippen molar-refractivity contribution in [3.63, 3.8) is 0 Å². The molecule has 4 rings (SSSR count). The summed E-state index contributed by atoms with van der Waals surface area (Å²) in [6.45, 7) is 5.26. The molecule has 152 valence electrons. The minimum atomic E-state index is -0.170. The van der Waals surface area contributed by atoms with Crippen LogP contribution in [0.2, 0.25) is 0 Å². The van der Waals surface area contributed by atoms with Gasteiger partial charge >= 0.3 is 0 Å². The second kappa shape index (κ2) is 7.90. The number of aromatic nitrogens is 5. The van der Waals surface area contributed by atoms with Gasteiger partial charge in [-0.15, -0.1) is 11.3 Å². The van der Waals surface area contributed by atoms with Crippen molar-refractivity contribution in [1.82, 2.24) is 29.6 Å². The highest BCUT2D eigenvalue weighted by Crippen LogP contribution is 2.28. The number of rotatable bonds is 4. The van der Waals surface area contributed by atoms with Crippen molar-refractivity contribution >= 4 is 17.2 Å². The molecule has 1 amide bonds. The van der Waals surface area contributed by atoms with Crippen LogP contribution in [0.15, 0.2) is 22.4 Å². The van der Waals surface area contributed by atoms with Gasteiger partial charge in [-0.05, 0) is 26.2 Å². The Morgan fingerprint density at radius 1 is 1.34 bits per heavy atom. The van der Waals surface area contributed by atoms with E-state index in [9.17, 15) is 9.59 Å². The number of aromatic amines is 1. The molecule has 1 fully saturated rings. The van der Waals surface area contributed by atoms with E-state index in [1.807, 2.05) is 31.2 Å². The highest BCUT2D eigenvalue weighted by atomic mass is 32.1. The molecule has 0 saturated carbocycles. The van der Waals surface area contributed by atoms with Gasteiger partial charge in [0.25, 0.3) is 11.5 Å². The SMILES string of the molecule is CCc1nn(C)c(C(=O)N2CCC(c3nc(-c4nccs4)cc(=O)[nH]3)CC2)c1C. The Morgan fingerprint density at radius 2 is 2.10 bits per heavy atom. The van der Waals surface area contributed by atoms with Crippen LogP contribution in [0.25, 0.3) is 10.7 Å². The molecule has 0 bridgehead atoms. The summed E-state index contributed by atoms with van der Waals surface area (Å²) < 4.78 is 1.69. The lowest BCUT2D eigenvalue weighted by atomic mass is 9.95. The van der Waals surface area contributed by atoms with Crippen molar-refractivity contribution in [2.45, 2.75) is 39.0 Å². The van der Waals surface area contributed by atoms with Crippen LogP contribution in [0.5, 0.6) is 0 Å². The van der Waals surface area contributed by atoms with E-state index in [0.29, 0.717) is 30.3 Å². The Balaban J connectivity index is 1.50. The number of amides is 1. The fourth-order valence-electron chi connectivity index (χ4n) is 3.96. The van der Waals surface area contributed by atoms with Crippen molar-refractivity contribution in [2.24, 2.45) is 7.05 Å². The highest BCUT2D eigenvalue weighted by Gasteiger charge is 2.29. The molecule has 0 aromatic carbocycles. The zero-order valence-corrected chi connectivity index (χ0v) is 17.6. The average Bonchev–Trinajstić information content (AvgIpc) is 3.35. The first-order chi connectivity index (χ1) is 14.0. The number of thiazole rings is 1. The predicted octanol–water partition coefficient (Wildman–Crippen LogP) is 2.52. The summed E-state index contributed by atoms with van der Waals surface area (Å²) in [6, 6.07) is 1.48. The van der Waals surface area contributed by atoms with Crippen LogP contribution in [-0.4, -0.2) is 48.6 Å². The molecule has 0 aliphatic carbocycles. The van der Waals surface area contributed by atoms with Gasteiger partial charge in [-0.1, -0.05) is 6.92 Å². The van der Waals surface area contributed by atoms with Gasteiger partial charge in [0.2, 0.25) is 0 Å². The van der Waals surface area contributed by atoms with Gasteiger partial charge in [0.15, 0.2) is 0 Å². The fraction of sp³-hybridized carbons (Fsp3) is 0.450. The van der Waals surface area contributed by atoms with Crippen LogP contribution >= 0.6 is 11.3 Å². The van der Waals surface area contributed by atoms with E-state index in [0.717, 1.165) is 35.5 Å². The van der Waals surface area contributed by atoms with Crippen LogP contribution < -0.4 is 5.56 Å². The standard InChI is InChI=1S/C20H24N6O2S/c1-4-14-12(2)17(25(3)24-14)20(28)26-8-5-13(6-9-26)18-22-15(11-16(27)23-18)19-21-7-10-29-19/h7,10-11,13H,4-6,8-9H2,1-3H3,(H,22,23,27). The monoisotopic (exact) mass is 412 g/mol. The minimum absolute atomic E-state index is 0.0219. The minimum Gasteiger partial charge on any atom is -0.337 e. The fourth-order valence-corrected chi connectivity index (χ4v) is 4.55. The summed E-state index contributed by atoms with van der Waals surface area (Å²) in [5.74, 6) is 0.818. The normalized spacial score (nSPS) is 15.1. The molecule has 0 unspecified atom stereocenters. The molecular weight excluding hydrogens is 388 g/mol. The van der Waals surface area contributed by atoms with Gasteiger partial charge in [0, 0.05) is 49.3 Å². The largest absolute Gasteiger partial charge is 0.337 e. The number of hydrogen-bond acceptors (Lipinski definition) is 6. The second-order valence-corrected chi connectivity index (χ2v) is 8.21. The average molecular weight is 413 g/mol. The Kier molecular flexibility index (Phi) is 5.31. The molecule has 29 heavy (non-hydrogen) atoms. The van der Waals surface area contributed by atoms with E-state index in [1.54, 1.807) is 10.9 Å². The molecular formula is C20H24N6O2S. The number of likely N-dealkylation sites (tertiary alicyclic amines) is 1. The molecule has 1 saturated heterocycles. The Bertz CT molecular complexity index is 1080. The lowest BCUT2D eigenvalue weighted by Gasteiger charge is -2.31. The highest BCUT2D eigenvalue weighted by molar-refractivity contribution is 7.13. The maximum atomic E-state index is 13.1. The van der Waals surface area contributed by atoms with Crippen LogP contribution in [0.3, 0.4) is 0 Å². The van der Waals surface area contributed by atoms with E-state index in [1.165, 1.54) is 17.4 Å². The summed E-state index contributed by atoms with van der Waals surface area (Å²) in [5, 5.41) is 7.07. The van der Waals surface area contributed by atoms with E-state index in [2.05, 4.69) is 20.1 Å². The van der Waals surface area contributed by atoms with Crippen molar-refractivity contribution in [3.05, 3.63) is 50.8 Å². The molecule has 9 heteroatoms. The molecule has 4 heterocycles. The van der Waals surface area contributed by atoms with Gasteiger partial charge in [-0.25, -0.2) is 9.97 Å². The predicted molar refractivity (Wildman–Crippen MR) is 111 cm³/mol. The Hall–Kier alpha value is -2.81. The van der Waals surface area contributed by atoms with Gasteiger partial charge in [-0.2, -0.15) is 5.10 Å². The number of hydrogen-bond donors (Lipinski definition) is 1. The molecule has 1 aliphatic rings. The summed E-state index contributed by atoms with van der Waals surface area (Å²) in [7, 11) is 1.82. The van der Waals surface area contributed by atoms with E-state index in [-0.39, 0.29) is 17.4 Å². The Labute approximate surface area is 172 Å². The lowest BCUT2D eigenvalue weighted by molar-refractivity contribution is 0.0699. The van der Waals surface area contributed by atoms with E-state index >= 15 is 0 Å². The summed E-state index contributed by atoms with van der Waals surface area (Å²) >= 11 is 1.46. The first kappa shape index (κ1) is 19.5. The van der Waals surface area contributed by atoms with Crippen LogP contribution in [-0.2, 0) is 13.5 Å². The first-order valence-corrected chi connectivity index (χ1v) is 10.7. The third-order valence-electron chi connectivity index (χ3n) is 5.50. The van der Waals surface area contributed by atoms with Crippen LogP contribution in [0.4, 0.5) is 0 Å². The van der Waals surface area contributed by atoms with Crippen molar-refractivity contribution in [2.75, 3.05) is 13.1 Å². The summed E-state index contributed by atoms with van der Waals surface area (Å²) in [6.07, 6.45) is 4.03. The topological polar surface area (TPSA) is 96.8 Å². The van der Waals surface area contributed by atoms with Gasteiger partial charge < -0.3 is 9.88 Å². The van der Waals surface area contributed by atoms with Gasteiger partial charge in [0.05, 0.1) is 5.69 Å². The molecule has 8 nitrogen and oxygen atoms in total. The maximum Gasteiger partial charge on any atom is 0.272 e. The first-order valence-electron chi connectivity index (χ1n) is 9.80. The number of piperidine rings is 1. The van der Waals surface area contributed by atoms with Crippen LogP contribution in [0.1, 0.15) is 53.3 Å². The third kappa shape index (κ3) is 3.74. The van der Waals surface area contributed by atoms with Crippen molar-refractivity contribution in [1.29, 1.82) is 0 Å². The number of nitrogens with zero attached hydrogens (tertiary/aromatic N) is 5. The maximum absolute atomic E-state index is 13.1. The number of nitrogens with one attached hydrogen (secondary N) is 1. The van der Waals surface area contributed by atoms with Crippen LogP contribution in [0, 0.1) is 6.92 Å².